The SMILES string of the molecule is CCNC(C)c1cc(O)cc(O)c1. The fourth-order valence-corrected chi connectivity index (χ4v) is 1.29. The summed E-state index contributed by atoms with van der Waals surface area (Å²) in [7, 11) is 0. The van der Waals surface area contributed by atoms with Crippen LogP contribution in [-0.2, 0) is 0 Å². The van der Waals surface area contributed by atoms with Crippen molar-refractivity contribution in [2.45, 2.75) is 19.9 Å². The summed E-state index contributed by atoms with van der Waals surface area (Å²) in [6.07, 6.45) is 0. The Morgan fingerprint density at radius 1 is 1.23 bits per heavy atom. The van der Waals surface area contributed by atoms with Crippen molar-refractivity contribution in [3.05, 3.63) is 23.8 Å². The van der Waals surface area contributed by atoms with E-state index >= 15 is 0 Å². The molecule has 1 rings (SSSR count). The Kier molecular flexibility index (Phi) is 3.14. The lowest BCUT2D eigenvalue weighted by atomic mass is 10.1. The second-order valence-electron chi connectivity index (χ2n) is 3.06. The second-order valence-corrected chi connectivity index (χ2v) is 3.06. The summed E-state index contributed by atoms with van der Waals surface area (Å²) < 4.78 is 0. The highest BCUT2D eigenvalue weighted by molar-refractivity contribution is 5.37. The molecule has 0 aliphatic carbocycles. The maximum absolute atomic E-state index is 9.22. The van der Waals surface area contributed by atoms with Gasteiger partial charge in [0, 0.05) is 12.1 Å². The van der Waals surface area contributed by atoms with E-state index in [1.165, 1.54) is 6.07 Å². The average molecular weight is 181 g/mol. The van der Waals surface area contributed by atoms with Gasteiger partial charge in [0.25, 0.3) is 0 Å². The summed E-state index contributed by atoms with van der Waals surface area (Å²) in [5, 5.41) is 21.6. The lowest BCUT2D eigenvalue weighted by Gasteiger charge is -2.13. The van der Waals surface area contributed by atoms with Crippen molar-refractivity contribution < 1.29 is 10.2 Å². The first-order valence-electron chi connectivity index (χ1n) is 4.39. The van der Waals surface area contributed by atoms with Gasteiger partial charge in [0.2, 0.25) is 0 Å². The second kappa shape index (κ2) is 4.14. The van der Waals surface area contributed by atoms with Crippen molar-refractivity contribution >= 4 is 0 Å². The molecule has 0 bridgehead atoms. The summed E-state index contributed by atoms with van der Waals surface area (Å²) >= 11 is 0. The molecule has 0 aliphatic rings. The van der Waals surface area contributed by atoms with E-state index in [0.29, 0.717) is 0 Å². The molecule has 1 unspecified atom stereocenters. The Balaban J connectivity index is 2.87. The predicted octanol–water partition coefficient (Wildman–Crippen LogP) is 1.77. The number of hydrogen-bond acceptors (Lipinski definition) is 3. The molecule has 3 nitrogen and oxygen atoms in total. The third-order valence-corrected chi connectivity index (χ3v) is 1.94. The summed E-state index contributed by atoms with van der Waals surface area (Å²) in [5.74, 6) is 0.194. The van der Waals surface area contributed by atoms with Crippen LogP contribution in [0.3, 0.4) is 0 Å². The fraction of sp³-hybridized carbons (Fsp3) is 0.400. The molecule has 0 aliphatic heterocycles. The molecule has 0 spiro atoms. The molecule has 0 fully saturated rings. The van der Waals surface area contributed by atoms with Crippen LogP contribution < -0.4 is 5.32 Å². The van der Waals surface area contributed by atoms with E-state index < -0.39 is 0 Å². The van der Waals surface area contributed by atoms with Crippen molar-refractivity contribution in [3.63, 3.8) is 0 Å². The van der Waals surface area contributed by atoms with Crippen molar-refractivity contribution in [3.8, 4) is 11.5 Å². The quantitative estimate of drug-likeness (QED) is 0.666. The molecule has 13 heavy (non-hydrogen) atoms. The molecule has 0 saturated carbocycles. The average Bonchev–Trinajstić information content (AvgIpc) is 2.03. The third kappa shape index (κ3) is 2.63. The molecule has 72 valence electrons. The Morgan fingerprint density at radius 2 is 1.77 bits per heavy atom. The largest absolute Gasteiger partial charge is 0.508 e. The molecule has 1 aromatic carbocycles. The van der Waals surface area contributed by atoms with E-state index in [9.17, 15) is 10.2 Å². The third-order valence-electron chi connectivity index (χ3n) is 1.94. The number of phenols is 2. The van der Waals surface area contributed by atoms with Crippen molar-refractivity contribution in [2.75, 3.05) is 6.54 Å². The number of rotatable bonds is 3. The first-order valence-corrected chi connectivity index (χ1v) is 4.39. The summed E-state index contributed by atoms with van der Waals surface area (Å²) in [4.78, 5) is 0. The highest BCUT2D eigenvalue weighted by atomic mass is 16.3. The summed E-state index contributed by atoms with van der Waals surface area (Å²) in [6, 6.07) is 4.76. The van der Waals surface area contributed by atoms with E-state index in [4.69, 9.17) is 0 Å². The minimum Gasteiger partial charge on any atom is -0.508 e. The van der Waals surface area contributed by atoms with Crippen LogP contribution in [0.25, 0.3) is 0 Å². The number of aromatic hydroxyl groups is 2. The monoisotopic (exact) mass is 181 g/mol. The minimum absolute atomic E-state index is 0.0970. The number of hydrogen-bond donors (Lipinski definition) is 3. The van der Waals surface area contributed by atoms with Gasteiger partial charge in [-0.05, 0) is 31.2 Å². The minimum atomic E-state index is 0.0970. The molecule has 3 N–H and O–H groups in total. The maximum Gasteiger partial charge on any atom is 0.119 e. The van der Waals surface area contributed by atoms with Crippen LogP contribution in [0.4, 0.5) is 0 Å². The molecule has 0 heterocycles. The molecular formula is C10H15NO2. The van der Waals surface area contributed by atoms with E-state index in [1.54, 1.807) is 12.1 Å². The van der Waals surface area contributed by atoms with E-state index in [0.717, 1.165) is 12.1 Å². The van der Waals surface area contributed by atoms with Gasteiger partial charge in [0.05, 0.1) is 0 Å². The first-order chi connectivity index (χ1) is 6.13. The van der Waals surface area contributed by atoms with Gasteiger partial charge in [0.15, 0.2) is 0 Å². The number of nitrogens with one attached hydrogen (secondary N) is 1. The zero-order valence-electron chi connectivity index (χ0n) is 7.91. The molecule has 1 aromatic rings. The molecule has 3 heteroatoms. The molecule has 0 saturated heterocycles. The lowest BCUT2D eigenvalue weighted by Crippen LogP contribution is -2.17. The zero-order chi connectivity index (χ0) is 9.84. The van der Waals surface area contributed by atoms with Crippen LogP contribution in [0.2, 0.25) is 0 Å². The first kappa shape index (κ1) is 9.86. The standard InChI is InChI=1S/C10H15NO2/c1-3-11-7(2)8-4-9(12)6-10(13)5-8/h4-7,11-13H,3H2,1-2H3. The van der Waals surface area contributed by atoms with Gasteiger partial charge in [-0.1, -0.05) is 6.92 Å². The molecule has 1 atom stereocenters. The zero-order valence-corrected chi connectivity index (χ0v) is 7.91. The molecule has 0 aromatic heterocycles. The number of phenolic OH excluding ortho intramolecular Hbond substituents is 2. The van der Waals surface area contributed by atoms with Gasteiger partial charge in [-0.15, -0.1) is 0 Å². The van der Waals surface area contributed by atoms with E-state index in [2.05, 4.69) is 5.32 Å². The Morgan fingerprint density at radius 3 is 2.23 bits per heavy atom. The van der Waals surface area contributed by atoms with Crippen LogP contribution >= 0.6 is 0 Å². The van der Waals surface area contributed by atoms with Crippen molar-refractivity contribution in [1.29, 1.82) is 0 Å². The van der Waals surface area contributed by atoms with Crippen LogP contribution in [0.15, 0.2) is 18.2 Å². The number of benzene rings is 1. The summed E-state index contributed by atoms with van der Waals surface area (Å²) in [6.45, 7) is 4.86. The van der Waals surface area contributed by atoms with Crippen LogP contribution in [0, 0.1) is 0 Å². The van der Waals surface area contributed by atoms with Gasteiger partial charge in [0.1, 0.15) is 11.5 Å². The van der Waals surface area contributed by atoms with E-state index in [1.807, 2.05) is 13.8 Å². The van der Waals surface area contributed by atoms with Crippen molar-refractivity contribution in [2.24, 2.45) is 0 Å². The maximum atomic E-state index is 9.22. The summed E-state index contributed by atoms with van der Waals surface area (Å²) in [5.41, 5.74) is 0.888. The Labute approximate surface area is 78.0 Å². The molecular weight excluding hydrogens is 166 g/mol. The normalized spacial score (nSPS) is 12.8. The lowest BCUT2D eigenvalue weighted by molar-refractivity contribution is 0.446. The Hall–Kier alpha value is -1.22. The molecule has 0 amide bonds. The predicted molar refractivity (Wildman–Crippen MR) is 51.9 cm³/mol. The highest BCUT2D eigenvalue weighted by Crippen LogP contribution is 2.24. The van der Waals surface area contributed by atoms with Crippen molar-refractivity contribution in [1.82, 2.24) is 5.32 Å². The van der Waals surface area contributed by atoms with Gasteiger partial charge in [-0.25, -0.2) is 0 Å². The van der Waals surface area contributed by atoms with Gasteiger partial charge >= 0.3 is 0 Å². The highest BCUT2D eigenvalue weighted by Gasteiger charge is 2.05. The van der Waals surface area contributed by atoms with Gasteiger partial charge in [-0.2, -0.15) is 0 Å². The smallest absolute Gasteiger partial charge is 0.119 e. The van der Waals surface area contributed by atoms with Crippen LogP contribution in [0.5, 0.6) is 11.5 Å². The fourth-order valence-electron chi connectivity index (χ4n) is 1.29. The van der Waals surface area contributed by atoms with Gasteiger partial charge < -0.3 is 15.5 Å². The van der Waals surface area contributed by atoms with Crippen LogP contribution in [0.1, 0.15) is 25.5 Å². The van der Waals surface area contributed by atoms with Crippen LogP contribution in [-0.4, -0.2) is 16.8 Å². The van der Waals surface area contributed by atoms with E-state index in [-0.39, 0.29) is 17.5 Å². The molecule has 0 radical (unpaired) electrons. The Bertz CT molecular complexity index is 266. The van der Waals surface area contributed by atoms with Gasteiger partial charge in [-0.3, -0.25) is 0 Å². The topological polar surface area (TPSA) is 52.5 Å².